The largest absolute Gasteiger partial charge is 0.353 e. The number of nitrogens with zero attached hydrogens (tertiary/aromatic N) is 9. The summed E-state index contributed by atoms with van der Waals surface area (Å²) >= 11 is 0. The highest BCUT2D eigenvalue weighted by atomic mass is 15.4. The van der Waals surface area contributed by atoms with Crippen LogP contribution in [0.3, 0.4) is 0 Å². The van der Waals surface area contributed by atoms with Crippen molar-refractivity contribution in [1.29, 1.82) is 0 Å². The Hall–Kier alpha value is -2.55. The molecule has 2 aromatic rings. The van der Waals surface area contributed by atoms with Gasteiger partial charge in [-0.3, -0.25) is 0 Å². The van der Waals surface area contributed by atoms with E-state index >= 15 is 0 Å². The van der Waals surface area contributed by atoms with Gasteiger partial charge in [-0.2, -0.15) is 10.1 Å². The van der Waals surface area contributed by atoms with E-state index in [1.165, 1.54) is 0 Å². The Bertz CT molecular complexity index is 694. The van der Waals surface area contributed by atoms with E-state index in [0.717, 1.165) is 70.7 Å². The Morgan fingerprint density at radius 2 is 1.42 bits per heavy atom. The molecule has 26 heavy (non-hydrogen) atoms. The molecule has 0 amide bonds. The monoisotopic (exact) mass is 355 g/mol. The average Bonchev–Trinajstić information content (AvgIpc) is 2.75. The second-order valence-corrected chi connectivity index (χ2v) is 6.56. The zero-order valence-corrected chi connectivity index (χ0v) is 15.2. The average molecular weight is 355 g/mol. The molecule has 0 unspecified atom stereocenters. The SMILES string of the molecule is CCN1CCN(c2cnnc(N3CCN(c4ncccn4)CC3)n2)CC1. The first-order valence-electron chi connectivity index (χ1n) is 9.27. The molecule has 4 heterocycles. The Morgan fingerprint density at radius 3 is 2.08 bits per heavy atom. The molecule has 0 bridgehead atoms. The van der Waals surface area contributed by atoms with Crippen molar-refractivity contribution in [3.8, 4) is 0 Å². The molecule has 0 radical (unpaired) electrons. The lowest BCUT2D eigenvalue weighted by Crippen LogP contribution is -2.48. The number of hydrogen-bond acceptors (Lipinski definition) is 9. The van der Waals surface area contributed by atoms with E-state index in [9.17, 15) is 0 Å². The Kier molecular flexibility index (Phi) is 5.05. The Balaban J connectivity index is 1.38. The molecule has 2 saturated heterocycles. The summed E-state index contributed by atoms with van der Waals surface area (Å²) in [7, 11) is 0. The number of hydrogen-bond donors (Lipinski definition) is 0. The van der Waals surface area contributed by atoms with Gasteiger partial charge in [-0.1, -0.05) is 6.92 Å². The topological polar surface area (TPSA) is 77.4 Å². The highest BCUT2D eigenvalue weighted by Crippen LogP contribution is 2.18. The summed E-state index contributed by atoms with van der Waals surface area (Å²) in [6.07, 6.45) is 5.34. The third kappa shape index (κ3) is 3.67. The van der Waals surface area contributed by atoms with E-state index in [1.54, 1.807) is 18.6 Å². The molecule has 2 aromatic heterocycles. The minimum atomic E-state index is 0.717. The van der Waals surface area contributed by atoms with Gasteiger partial charge in [0, 0.05) is 64.8 Å². The van der Waals surface area contributed by atoms with Gasteiger partial charge in [-0.25, -0.2) is 9.97 Å². The van der Waals surface area contributed by atoms with E-state index in [-0.39, 0.29) is 0 Å². The molecule has 9 nitrogen and oxygen atoms in total. The maximum absolute atomic E-state index is 4.78. The number of rotatable bonds is 4. The molecule has 0 spiro atoms. The first-order valence-corrected chi connectivity index (χ1v) is 9.27. The van der Waals surface area contributed by atoms with Crippen molar-refractivity contribution in [2.24, 2.45) is 0 Å². The van der Waals surface area contributed by atoms with Crippen LogP contribution in [0.5, 0.6) is 0 Å². The van der Waals surface area contributed by atoms with Gasteiger partial charge >= 0.3 is 0 Å². The van der Waals surface area contributed by atoms with Crippen LogP contribution in [0.25, 0.3) is 0 Å². The summed E-state index contributed by atoms with van der Waals surface area (Å²) in [6, 6.07) is 1.84. The second-order valence-electron chi connectivity index (χ2n) is 6.56. The zero-order valence-electron chi connectivity index (χ0n) is 15.2. The van der Waals surface area contributed by atoms with Crippen LogP contribution in [0.4, 0.5) is 17.7 Å². The van der Waals surface area contributed by atoms with Gasteiger partial charge in [0.2, 0.25) is 11.9 Å². The van der Waals surface area contributed by atoms with Crippen LogP contribution in [0.1, 0.15) is 6.92 Å². The fourth-order valence-corrected chi connectivity index (χ4v) is 3.43. The zero-order chi connectivity index (χ0) is 17.8. The lowest BCUT2D eigenvalue weighted by Gasteiger charge is -2.36. The molecule has 4 rings (SSSR count). The summed E-state index contributed by atoms with van der Waals surface area (Å²) in [5.41, 5.74) is 0. The molecule has 0 aliphatic carbocycles. The predicted octanol–water partition coefficient (Wildman–Crippen LogP) is 0.130. The van der Waals surface area contributed by atoms with Crippen molar-refractivity contribution in [2.75, 3.05) is 73.6 Å². The van der Waals surface area contributed by atoms with Crippen LogP contribution in [0.2, 0.25) is 0 Å². The number of aromatic nitrogens is 5. The van der Waals surface area contributed by atoms with Crippen LogP contribution in [-0.2, 0) is 0 Å². The summed E-state index contributed by atoms with van der Waals surface area (Å²) < 4.78 is 0. The van der Waals surface area contributed by atoms with Gasteiger partial charge in [0.05, 0.1) is 6.20 Å². The van der Waals surface area contributed by atoms with E-state index in [1.807, 2.05) is 6.07 Å². The standard InChI is InChI=1S/C17H25N9/c1-2-23-6-8-24(9-7-23)15-14-20-22-17(21-15)26-12-10-25(11-13-26)16-18-4-3-5-19-16/h3-5,14H,2,6-13H2,1H3. The first kappa shape index (κ1) is 16.9. The van der Waals surface area contributed by atoms with Gasteiger partial charge in [0.25, 0.3) is 0 Å². The van der Waals surface area contributed by atoms with Crippen molar-refractivity contribution in [1.82, 2.24) is 30.0 Å². The molecule has 0 aromatic carbocycles. The number of likely N-dealkylation sites (N-methyl/N-ethyl adjacent to an activating group) is 1. The smallest absolute Gasteiger partial charge is 0.247 e. The normalized spacial score (nSPS) is 19.0. The lowest BCUT2D eigenvalue weighted by molar-refractivity contribution is 0.270. The molecule has 2 aliphatic heterocycles. The minimum absolute atomic E-state index is 0.717. The highest BCUT2D eigenvalue weighted by Gasteiger charge is 2.23. The van der Waals surface area contributed by atoms with E-state index < -0.39 is 0 Å². The Morgan fingerprint density at radius 1 is 0.808 bits per heavy atom. The summed E-state index contributed by atoms with van der Waals surface area (Å²) in [4.78, 5) is 22.6. The third-order valence-corrected chi connectivity index (χ3v) is 5.08. The van der Waals surface area contributed by atoms with Crippen LogP contribution < -0.4 is 14.7 Å². The minimum Gasteiger partial charge on any atom is -0.353 e. The predicted molar refractivity (Wildman–Crippen MR) is 101 cm³/mol. The van der Waals surface area contributed by atoms with E-state index in [2.05, 4.69) is 46.7 Å². The maximum Gasteiger partial charge on any atom is 0.247 e. The van der Waals surface area contributed by atoms with E-state index in [4.69, 9.17) is 4.98 Å². The molecule has 9 heteroatoms. The summed E-state index contributed by atoms with van der Waals surface area (Å²) in [6.45, 7) is 10.8. The fraction of sp³-hybridized carbons (Fsp3) is 0.588. The quantitative estimate of drug-likeness (QED) is 0.760. The van der Waals surface area contributed by atoms with Crippen LogP contribution in [-0.4, -0.2) is 89.0 Å². The fourth-order valence-electron chi connectivity index (χ4n) is 3.43. The van der Waals surface area contributed by atoms with Crippen LogP contribution in [0, 0.1) is 0 Å². The van der Waals surface area contributed by atoms with Crippen LogP contribution in [0.15, 0.2) is 24.7 Å². The van der Waals surface area contributed by atoms with Gasteiger partial charge in [-0.05, 0) is 12.6 Å². The van der Waals surface area contributed by atoms with Crippen molar-refractivity contribution >= 4 is 17.7 Å². The van der Waals surface area contributed by atoms with E-state index in [0.29, 0.717) is 5.95 Å². The van der Waals surface area contributed by atoms with Crippen molar-refractivity contribution in [3.63, 3.8) is 0 Å². The maximum atomic E-state index is 4.78. The molecule has 2 fully saturated rings. The van der Waals surface area contributed by atoms with Gasteiger partial charge in [-0.15, -0.1) is 5.10 Å². The summed E-state index contributed by atoms with van der Waals surface area (Å²) in [5.74, 6) is 2.43. The van der Waals surface area contributed by atoms with Gasteiger partial charge < -0.3 is 19.6 Å². The van der Waals surface area contributed by atoms with Crippen molar-refractivity contribution in [3.05, 3.63) is 24.7 Å². The molecule has 0 saturated carbocycles. The van der Waals surface area contributed by atoms with Crippen LogP contribution >= 0.6 is 0 Å². The molecule has 0 atom stereocenters. The second kappa shape index (κ2) is 7.77. The number of anilines is 3. The summed E-state index contributed by atoms with van der Waals surface area (Å²) in [5, 5.41) is 8.47. The Labute approximate surface area is 153 Å². The molecular weight excluding hydrogens is 330 g/mol. The molecule has 138 valence electrons. The molecular formula is C17H25N9. The van der Waals surface area contributed by atoms with Gasteiger partial charge in [0.1, 0.15) is 0 Å². The van der Waals surface area contributed by atoms with Crippen molar-refractivity contribution < 1.29 is 0 Å². The first-order chi connectivity index (χ1) is 12.8. The highest BCUT2D eigenvalue weighted by molar-refractivity contribution is 5.43. The van der Waals surface area contributed by atoms with Crippen molar-refractivity contribution in [2.45, 2.75) is 6.92 Å². The molecule has 0 N–H and O–H groups in total. The van der Waals surface area contributed by atoms with Gasteiger partial charge in [0.15, 0.2) is 5.82 Å². The number of piperazine rings is 2. The molecule has 2 aliphatic rings. The lowest BCUT2D eigenvalue weighted by atomic mass is 10.3. The third-order valence-electron chi connectivity index (χ3n) is 5.08.